The lowest BCUT2D eigenvalue weighted by molar-refractivity contribution is -0.249. The molecule has 3 saturated carbocycles. The van der Waals surface area contributed by atoms with Crippen LogP contribution in [0.1, 0.15) is 46.5 Å². The Bertz CT molecular complexity index is 1000. The largest absolute Gasteiger partial charge is 0.490 e. The summed E-state index contributed by atoms with van der Waals surface area (Å²) in [5.41, 5.74) is -7.22. The molecule has 0 spiro atoms. The predicted molar refractivity (Wildman–Crippen MR) is 110 cm³/mol. The summed E-state index contributed by atoms with van der Waals surface area (Å²) in [5, 5.41) is 21.1. The molecule has 0 saturated heterocycles. The van der Waals surface area contributed by atoms with Gasteiger partial charge >= 0.3 is 12.1 Å². The molecule has 0 amide bonds. The van der Waals surface area contributed by atoms with Crippen molar-refractivity contribution < 1.29 is 46.9 Å². The quantitative estimate of drug-likeness (QED) is 0.468. The van der Waals surface area contributed by atoms with Crippen LogP contribution in [-0.2, 0) is 19.1 Å². The molecule has 4 rings (SSSR count). The Hall–Kier alpha value is -2.07. The maximum Gasteiger partial charge on any atom is 0.490 e. The highest BCUT2D eigenvalue weighted by Crippen LogP contribution is 2.71. The summed E-state index contributed by atoms with van der Waals surface area (Å²) in [5.74, 6) is -6.15. The summed E-state index contributed by atoms with van der Waals surface area (Å²) in [7, 11) is 0. The molecule has 0 bridgehead atoms. The molecular weight excluding hydrogens is 460 g/mol. The van der Waals surface area contributed by atoms with Crippen LogP contribution in [-0.4, -0.2) is 57.9 Å². The van der Waals surface area contributed by atoms with Crippen molar-refractivity contribution in [3.05, 3.63) is 23.8 Å². The maximum atomic E-state index is 17.5. The molecule has 0 radical (unpaired) electrons. The lowest BCUT2D eigenvalue weighted by Crippen LogP contribution is -2.70. The van der Waals surface area contributed by atoms with Crippen molar-refractivity contribution in [2.45, 2.75) is 70.0 Å². The molecule has 4 aliphatic rings. The fourth-order valence-electron chi connectivity index (χ4n) is 7.55. The van der Waals surface area contributed by atoms with Crippen molar-refractivity contribution in [1.29, 1.82) is 0 Å². The molecule has 0 aromatic rings. The van der Waals surface area contributed by atoms with Gasteiger partial charge in [-0.2, -0.15) is 13.2 Å². The molecule has 0 aromatic carbocycles. The van der Waals surface area contributed by atoms with Gasteiger partial charge in [-0.1, -0.05) is 25.5 Å². The number of aliphatic hydroxyl groups excluding tert-OH is 1. The molecule has 6 nitrogen and oxygen atoms in total. The van der Waals surface area contributed by atoms with Crippen LogP contribution in [0.25, 0.3) is 0 Å². The lowest BCUT2D eigenvalue weighted by Gasteiger charge is -2.63. The molecule has 2 N–H and O–H groups in total. The van der Waals surface area contributed by atoms with Crippen LogP contribution >= 0.6 is 0 Å². The van der Waals surface area contributed by atoms with Gasteiger partial charge in [-0.05, 0) is 56.6 Å². The van der Waals surface area contributed by atoms with Gasteiger partial charge in [-0.25, -0.2) is 9.18 Å². The minimum Gasteiger partial charge on any atom is -0.452 e. The van der Waals surface area contributed by atoms with Crippen LogP contribution in [0, 0.1) is 28.6 Å². The summed E-state index contributed by atoms with van der Waals surface area (Å²) in [6, 6.07) is 0. The van der Waals surface area contributed by atoms with Gasteiger partial charge in [0.1, 0.15) is 18.3 Å². The summed E-state index contributed by atoms with van der Waals surface area (Å²) in [4.78, 5) is 36.6. The first-order valence-corrected chi connectivity index (χ1v) is 11.3. The number of rotatable bonds is 3. The highest BCUT2D eigenvalue weighted by molar-refractivity contribution is 6.01. The molecule has 3 fully saturated rings. The van der Waals surface area contributed by atoms with Gasteiger partial charge in [0.25, 0.3) is 0 Å². The first-order valence-electron chi connectivity index (χ1n) is 11.3. The van der Waals surface area contributed by atoms with Crippen molar-refractivity contribution in [3.63, 3.8) is 0 Å². The highest BCUT2D eigenvalue weighted by Gasteiger charge is 2.76. The van der Waals surface area contributed by atoms with Gasteiger partial charge in [-0.15, -0.1) is 0 Å². The van der Waals surface area contributed by atoms with Gasteiger partial charge in [0, 0.05) is 16.7 Å². The van der Waals surface area contributed by atoms with Gasteiger partial charge in [0.15, 0.2) is 17.2 Å². The first kappa shape index (κ1) is 25.0. The first-order chi connectivity index (χ1) is 15.6. The molecule has 0 aromatic heterocycles. The van der Waals surface area contributed by atoms with E-state index >= 15 is 4.39 Å². The van der Waals surface area contributed by atoms with Crippen LogP contribution in [0.3, 0.4) is 0 Å². The maximum absolute atomic E-state index is 17.5. The van der Waals surface area contributed by atoms with E-state index in [1.54, 1.807) is 6.92 Å². The van der Waals surface area contributed by atoms with E-state index in [1.807, 2.05) is 0 Å². The zero-order valence-electron chi connectivity index (χ0n) is 19.1. The predicted octanol–water partition coefficient (Wildman–Crippen LogP) is 3.01. The zero-order chi connectivity index (χ0) is 25.5. The van der Waals surface area contributed by atoms with Crippen molar-refractivity contribution in [2.75, 3.05) is 6.61 Å². The zero-order valence-corrected chi connectivity index (χ0v) is 19.1. The van der Waals surface area contributed by atoms with E-state index in [4.69, 9.17) is 4.74 Å². The molecule has 4 aliphatic carbocycles. The minimum absolute atomic E-state index is 0.134. The van der Waals surface area contributed by atoms with Crippen molar-refractivity contribution >= 4 is 17.5 Å². The summed E-state index contributed by atoms with van der Waals surface area (Å²) >= 11 is 0. The monoisotopic (exact) mass is 488 g/mol. The smallest absolute Gasteiger partial charge is 0.452 e. The molecule has 8 atom stereocenters. The van der Waals surface area contributed by atoms with Crippen LogP contribution < -0.4 is 0 Å². The number of halogens is 4. The fourth-order valence-corrected chi connectivity index (χ4v) is 7.55. The number of ether oxygens (including phenoxy) is 1. The number of Topliss-reactive ketones (excluding diaryl/α,β-unsaturated/α-hetero) is 1. The van der Waals surface area contributed by atoms with Gasteiger partial charge in [-0.3, -0.25) is 9.59 Å². The van der Waals surface area contributed by atoms with Gasteiger partial charge in [0.05, 0.1) is 0 Å². The second-order valence-corrected chi connectivity index (χ2v) is 10.6. The van der Waals surface area contributed by atoms with Crippen molar-refractivity contribution in [3.8, 4) is 0 Å². The Morgan fingerprint density at radius 1 is 1.24 bits per heavy atom. The molecule has 34 heavy (non-hydrogen) atoms. The second kappa shape index (κ2) is 7.46. The number of esters is 1. The van der Waals surface area contributed by atoms with Crippen LogP contribution in [0.15, 0.2) is 23.8 Å². The van der Waals surface area contributed by atoms with Crippen LogP contribution in [0.4, 0.5) is 17.6 Å². The van der Waals surface area contributed by atoms with E-state index in [9.17, 15) is 37.8 Å². The van der Waals surface area contributed by atoms with Gasteiger partial charge < -0.3 is 14.9 Å². The Morgan fingerprint density at radius 3 is 2.47 bits per heavy atom. The number of carbonyl (C=O) groups excluding carboxylic acids is 3. The number of hydrogen-bond acceptors (Lipinski definition) is 6. The normalized spacial score (nSPS) is 45.7. The number of hydrogen-bond donors (Lipinski definition) is 2. The fraction of sp³-hybridized carbons (Fsp3) is 0.708. The van der Waals surface area contributed by atoms with Crippen LogP contribution in [0.2, 0.25) is 0 Å². The third-order valence-electron chi connectivity index (χ3n) is 9.25. The molecular formula is C24H28F4O6. The molecule has 0 aliphatic heterocycles. The Morgan fingerprint density at radius 2 is 1.88 bits per heavy atom. The number of alkyl halides is 4. The van der Waals surface area contributed by atoms with E-state index in [-0.39, 0.29) is 25.0 Å². The number of fused-ring (bicyclic) bond motifs is 5. The van der Waals surface area contributed by atoms with E-state index < -0.39 is 76.9 Å². The summed E-state index contributed by atoms with van der Waals surface area (Å²) in [6.45, 7) is 3.57. The Labute approximate surface area is 194 Å². The van der Waals surface area contributed by atoms with E-state index in [1.165, 1.54) is 26.0 Å². The topological polar surface area (TPSA) is 101 Å². The van der Waals surface area contributed by atoms with E-state index in [2.05, 4.69) is 0 Å². The van der Waals surface area contributed by atoms with E-state index in [0.717, 1.165) is 6.08 Å². The molecule has 0 heterocycles. The number of aliphatic hydroxyl groups is 2. The summed E-state index contributed by atoms with van der Waals surface area (Å²) < 4.78 is 61.9. The highest BCUT2D eigenvalue weighted by atomic mass is 19.4. The Kier molecular flexibility index (Phi) is 5.50. The third-order valence-corrected chi connectivity index (χ3v) is 9.25. The minimum atomic E-state index is -5.38. The second-order valence-electron chi connectivity index (χ2n) is 10.6. The average Bonchev–Trinajstić information content (AvgIpc) is 2.95. The SMILES string of the molecule is C[C@H]1CC2C3CCC4=CC(=O)C=C[C@]4(C)[C@@]3(F)[C@@H](OC(=O)C(F)(F)F)C[C@]2(C)[C@@]1(O)C(=O)CO. The average molecular weight is 488 g/mol. The van der Waals surface area contributed by atoms with Crippen LogP contribution in [0.5, 0.6) is 0 Å². The molecule has 188 valence electrons. The Balaban J connectivity index is 1.90. The third kappa shape index (κ3) is 2.96. The number of allylic oxidation sites excluding steroid dienone is 4. The molecule has 2 unspecified atom stereocenters. The lowest BCUT2D eigenvalue weighted by atomic mass is 9.44. The summed E-state index contributed by atoms with van der Waals surface area (Å²) in [6.07, 6.45) is -3.50. The number of carbonyl (C=O) groups is 3. The van der Waals surface area contributed by atoms with Gasteiger partial charge in [0.2, 0.25) is 0 Å². The van der Waals surface area contributed by atoms with Crippen molar-refractivity contribution in [2.24, 2.45) is 28.6 Å². The van der Waals surface area contributed by atoms with E-state index in [0.29, 0.717) is 5.57 Å². The molecule has 10 heteroatoms. The number of ketones is 2. The standard InChI is InChI=1S/C24H28F4O6/c1-12-8-16-15-5-4-13-9-14(30)6-7-20(13,2)22(15,25)18(34-19(32)24(26,27)28)10-21(16,3)23(12,33)17(31)11-29/h6-7,9,12,15-16,18,29,33H,4-5,8,10-11H2,1-3H3/t12-,15?,16?,18-,20-,21-,22-,23-/m0/s1. The van der Waals surface area contributed by atoms with Crippen molar-refractivity contribution in [1.82, 2.24) is 0 Å².